The van der Waals surface area contributed by atoms with E-state index < -0.39 is 0 Å². The monoisotopic (exact) mass is 352 g/mol. The molecule has 1 N–H and O–H groups in total. The average molecular weight is 353 g/mol. The third kappa shape index (κ3) is 4.90. The van der Waals surface area contributed by atoms with Gasteiger partial charge in [-0.15, -0.1) is 0 Å². The summed E-state index contributed by atoms with van der Waals surface area (Å²) in [5.74, 6) is 0. The van der Waals surface area contributed by atoms with E-state index in [0.717, 1.165) is 24.2 Å². The highest BCUT2D eigenvalue weighted by Gasteiger charge is 2.05. The van der Waals surface area contributed by atoms with Crippen LogP contribution < -0.4 is 5.32 Å². The van der Waals surface area contributed by atoms with Gasteiger partial charge in [-0.2, -0.15) is 0 Å². The van der Waals surface area contributed by atoms with Crippen LogP contribution in [0.3, 0.4) is 0 Å². The number of pyridine rings is 1. The number of hydrogen-bond acceptors (Lipinski definition) is 4. The summed E-state index contributed by atoms with van der Waals surface area (Å²) in [5.41, 5.74) is 1.28. The first-order valence-electron chi connectivity index (χ1n) is 6.35. The van der Waals surface area contributed by atoms with Crippen molar-refractivity contribution < 1.29 is 4.74 Å². The maximum atomic E-state index is 5.04. The van der Waals surface area contributed by atoms with Crippen LogP contribution in [-0.4, -0.2) is 25.2 Å². The zero-order valence-corrected chi connectivity index (χ0v) is 13.7. The fraction of sp³-hybridized carbons (Fsp3) is 0.267. The smallest absolute Gasteiger partial charge is 0.0587 e. The Morgan fingerprint density at radius 3 is 2.80 bits per heavy atom. The Morgan fingerprint density at radius 1 is 1.25 bits per heavy atom. The van der Waals surface area contributed by atoms with Gasteiger partial charge in [0.1, 0.15) is 0 Å². The summed E-state index contributed by atoms with van der Waals surface area (Å²) in [4.78, 5) is 6.49. The first-order chi connectivity index (χ1) is 9.79. The number of halogens is 1. The van der Waals surface area contributed by atoms with Crippen molar-refractivity contribution in [2.45, 2.75) is 16.3 Å². The number of methoxy groups -OCH3 is 1. The topological polar surface area (TPSA) is 34.1 Å². The lowest BCUT2D eigenvalue weighted by Crippen LogP contribution is -2.18. The van der Waals surface area contributed by atoms with E-state index in [-0.39, 0.29) is 0 Å². The molecule has 1 aromatic carbocycles. The molecule has 0 saturated heterocycles. The lowest BCUT2D eigenvalue weighted by Gasteiger charge is -2.11. The second kappa shape index (κ2) is 8.42. The van der Waals surface area contributed by atoms with Gasteiger partial charge >= 0.3 is 0 Å². The molecule has 0 amide bonds. The van der Waals surface area contributed by atoms with Crippen molar-refractivity contribution in [1.29, 1.82) is 0 Å². The highest BCUT2D eigenvalue weighted by Crippen LogP contribution is 2.32. The fourth-order valence-corrected chi connectivity index (χ4v) is 3.18. The molecule has 0 aliphatic rings. The van der Waals surface area contributed by atoms with E-state index in [4.69, 9.17) is 4.74 Å². The van der Waals surface area contributed by atoms with Crippen LogP contribution in [0, 0.1) is 0 Å². The van der Waals surface area contributed by atoms with E-state index in [1.807, 2.05) is 24.5 Å². The SMILES string of the molecule is COCCNCc1ccc(Br)cc1Sc1ccncc1. The van der Waals surface area contributed by atoms with Crippen LogP contribution >= 0.6 is 27.7 Å². The number of rotatable bonds is 7. The maximum absolute atomic E-state index is 5.04. The molecule has 0 aliphatic carbocycles. The molecule has 1 aromatic heterocycles. The number of hydrogen-bond donors (Lipinski definition) is 1. The lowest BCUT2D eigenvalue weighted by molar-refractivity contribution is 0.199. The van der Waals surface area contributed by atoms with E-state index in [1.165, 1.54) is 15.4 Å². The molecule has 20 heavy (non-hydrogen) atoms. The number of ether oxygens (including phenoxy) is 1. The van der Waals surface area contributed by atoms with Gasteiger partial charge in [-0.25, -0.2) is 0 Å². The van der Waals surface area contributed by atoms with Crippen molar-refractivity contribution in [2.75, 3.05) is 20.3 Å². The summed E-state index contributed by atoms with van der Waals surface area (Å²) in [5, 5.41) is 3.38. The van der Waals surface area contributed by atoms with Crippen LogP contribution in [0.25, 0.3) is 0 Å². The second-order valence-electron chi connectivity index (χ2n) is 4.21. The van der Waals surface area contributed by atoms with Crippen molar-refractivity contribution in [3.8, 4) is 0 Å². The minimum absolute atomic E-state index is 0.726. The normalized spacial score (nSPS) is 10.7. The molecule has 0 radical (unpaired) electrons. The van der Waals surface area contributed by atoms with Gasteiger partial charge in [-0.1, -0.05) is 33.8 Å². The first kappa shape index (κ1) is 15.5. The van der Waals surface area contributed by atoms with Crippen molar-refractivity contribution in [1.82, 2.24) is 10.3 Å². The molecule has 2 aromatic rings. The minimum Gasteiger partial charge on any atom is -0.383 e. The summed E-state index contributed by atoms with van der Waals surface area (Å²) in [6.45, 7) is 2.42. The number of nitrogens with zero attached hydrogens (tertiary/aromatic N) is 1. The van der Waals surface area contributed by atoms with E-state index in [9.17, 15) is 0 Å². The number of aromatic nitrogens is 1. The summed E-state index contributed by atoms with van der Waals surface area (Å²) < 4.78 is 6.13. The third-order valence-electron chi connectivity index (χ3n) is 2.71. The second-order valence-corrected chi connectivity index (χ2v) is 6.24. The molecule has 0 fully saturated rings. The van der Waals surface area contributed by atoms with E-state index in [2.05, 4.69) is 44.4 Å². The van der Waals surface area contributed by atoms with Gasteiger partial charge in [-0.3, -0.25) is 4.98 Å². The minimum atomic E-state index is 0.726. The molecule has 106 valence electrons. The average Bonchev–Trinajstić information content (AvgIpc) is 2.47. The summed E-state index contributed by atoms with van der Waals surface area (Å²) in [6, 6.07) is 10.4. The largest absolute Gasteiger partial charge is 0.383 e. The summed E-state index contributed by atoms with van der Waals surface area (Å²) in [7, 11) is 1.71. The van der Waals surface area contributed by atoms with Gasteiger partial charge in [-0.05, 0) is 29.8 Å². The third-order valence-corrected chi connectivity index (χ3v) is 4.31. The van der Waals surface area contributed by atoms with E-state index in [1.54, 1.807) is 18.9 Å². The van der Waals surface area contributed by atoms with Crippen molar-refractivity contribution in [3.63, 3.8) is 0 Å². The summed E-state index contributed by atoms with van der Waals surface area (Å²) in [6.07, 6.45) is 3.63. The molecule has 0 saturated carbocycles. The molecule has 0 aliphatic heterocycles. The van der Waals surface area contributed by atoms with Crippen LogP contribution in [0.15, 0.2) is 57.0 Å². The van der Waals surface area contributed by atoms with Crippen LogP contribution in [0.4, 0.5) is 0 Å². The Labute approximate surface area is 132 Å². The molecule has 2 rings (SSSR count). The van der Waals surface area contributed by atoms with E-state index in [0.29, 0.717) is 0 Å². The zero-order chi connectivity index (χ0) is 14.2. The predicted octanol–water partition coefficient (Wildman–Crippen LogP) is 3.73. The van der Waals surface area contributed by atoms with Gasteiger partial charge in [0.05, 0.1) is 6.61 Å². The summed E-state index contributed by atoms with van der Waals surface area (Å²) >= 11 is 5.29. The molecule has 0 spiro atoms. The zero-order valence-electron chi connectivity index (χ0n) is 11.3. The molecule has 0 unspecified atom stereocenters. The molecule has 0 bridgehead atoms. The van der Waals surface area contributed by atoms with Crippen LogP contribution in [0.1, 0.15) is 5.56 Å². The number of benzene rings is 1. The predicted molar refractivity (Wildman–Crippen MR) is 86.1 cm³/mol. The molecular weight excluding hydrogens is 336 g/mol. The highest BCUT2D eigenvalue weighted by molar-refractivity contribution is 9.10. The Bertz CT molecular complexity index is 537. The van der Waals surface area contributed by atoms with Gasteiger partial charge in [0.25, 0.3) is 0 Å². The molecule has 0 atom stereocenters. The van der Waals surface area contributed by atoms with Gasteiger partial charge < -0.3 is 10.1 Å². The quantitative estimate of drug-likeness (QED) is 0.769. The Hall–Kier alpha value is -0.880. The maximum Gasteiger partial charge on any atom is 0.0587 e. The van der Waals surface area contributed by atoms with Crippen LogP contribution in [0.2, 0.25) is 0 Å². The Balaban J connectivity index is 2.07. The molecular formula is C15H17BrN2OS. The Morgan fingerprint density at radius 2 is 2.05 bits per heavy atom. The highest BCUT2D eigenvalue weighted by atomic mass is 79.9. The molecule has 3 nitrogen and oxygen atoms in total. The standard InChI is InChI=1S/C15H17BrN2OS/c1-19-9-8-18-11-12-2-3-13(16)10-15(12)20-14-4-6-17-7-5-14/h2-7,10,18H,8-9,11H2,1H3. The lowest BCUT2D eigenvalue weighted by atomic mass is 10.2. The first-order valence-corrected chi connectivity index (χ1v) is 7.96. The van der Waals surface area contributed by atoms with Crippen LogP contribution in [0.5, 0.6) is 0 Å². The number of nitrogens with one attached hydrogen (secondary N) is 1. The van der Waals surface area contributed by atoms with Crippen molar-refractivity contribution in [3.05, 3.63) is 52.8 Å². The Kier molecular flexibility index (Phi) is 6.53. The van der Waals surface area contributed by atoms with Crippen molar-refractivity contribution >= 4 is 27.7 Å². The van der Waals surface area contributed by atoms with Crippen LogP contribution in [-0.2, 0) is 11.3 Å². The van der Waals surface area contributed by atoms with Gasteiger partial charge in [0.15, 0.2) is 0 Å². The van der Waals surface area contributed by atoms with E-state index >= 15 is 0 Å². The molecule has 5 heteroatoms. The van der Waals surface area contributed by atoms with Crippen molar-refractivity contribution in [2.24, 2.45) is 0 Å². The fourth-order valence-electron chi connectivity index (χ4n) is 1.70. The molecule has 1 heterocycles. The van der Waals surface area contributed by atoms with Gasteiger partial charge in [0, 0.05) is 46.9 Å². The van der Waals surface area contributed by atoms with Gasteiger partial charge in [0.2, 0.25) is 0 Å².